The van der Waals surface area contributed by atoms with Crippen molar-refractivity contribution >= 4 is 108 Å². The molecule has 0 unspecified atom stereocenters. The highest BCUT2D eigenvalue weighted by Crippen LogP contribution is 2.31. The molecule has 0 atom stereocenters. The van der Waals surface area contributed by atoms with Crippen LogP contribution in [0.4, 0.5) is 0 Å². The fourth-order valence-corrected chi connectivity index (χ4v) is 10.6. The van der Waals surface area contributed by atoms with Gasteiger partial charge in [-0.15, -0.1) is 23.5 Å². The van der Waals surface area contributed by atoms with Crippen LogP contribution in [0.3, 0.4) is 0 Å². The lowest BCUT2D eigenvalue weighted by Gasteiger charge is -2.24. The monoisotopic (exact) mass is 636 g/mol. The fourth-order valence-electron chi connectivity index (χ4n) is 1.82. The van der Waals surface area contributed by atoms with Crippen LogP contribution in [0.5, 0.6) is 0 Å². The van der Waals surface area contributed by atoms with Gasteiger partial charge in [-0.3, -0.25) is 0 Å². The quantitative estimate of drug-likeness (QED) is 0.192. The molecule has 0 aromatic carbocycles. The van der Waals surface area contributed by atoms with Crippen molar-refractivity contribution in [2.24, 2.45) is 0 Å². The normalized spacial score (nSPS) is 11.4. The molecule has 0 aliphatic rings. The van der Waals surface area contributed by atoms with Crippen molar-refractivity contribution in [2.75, 3.05) is 32.8 Å². The first-order valence-electron chi connectivity index (χ1n) is 10.5. The lowest BCUT2D eigenvalue weighted by Crippen LogP contribution is -2.42. The summed E-state index contributed by atoms with van der Waals surface area (Å²) < 4.78 is 16.9. The summed E-state index contributed by atoms with van der Waals surface area (Å²) in [6.45, 7) is 7.53. The lowest BCUT2D eigenvalue weighted by molar-refractivity contribution is 0.123. The van der Waals surface area contributed by atoms with Crippen LogP contribution in [0.2, 0.25) is 12.1 Å². The highest BCUT2D eigenvalue weighted by Gasteiger charge is 2.36. The molecule has 0 fully saturated rings. The molecule has 6 nitrogen and oxygen atoms in total. The van der Waals surface area contributed by atoms with E-state index in [0.717, 1.165) is 31.0 Å². The number of thioether (sulfide) groups is 4. The van der Waals surface area contributed by atoms with Crippen LogP contribution in [0.25, 0.3) is 0 Å². The van der Waals surface area contributed by atoms with Gasteiger partial charge >= 0.3 is 8.80 Å². The van der Waals surface area contributed by atoms with Gasteiger partial charge in [0.1, 0.15) is 27.0 Å². The van der Waals surface area contributed by atoms with Gasteiger partial charge in [0.05, 0.1) is 12.1 Å². The van der Waals surface area contributed by atoms with Crippen LogP contribution < -0.4 is 0 Å². The molecule has 34 heavy (non-hydrogen) atoms. The van der Waals surface area contributed by atoms with E-state index in [9.17, 15) is 0 Å². The Balaban J connectivity index is -0.000000559. The predicted octanol–water partition coefficient (Wildman–Crippen LogP) is 3.78. The summed E-state index contributed by atoms with van der Waals surface area (Å²) in [7, 11) is 3.96. The molecule has 1 N–H and O–H groups in total. The maximum atomic E-state index is 8.93. The second kappa shape index (κ2) is 23.2. The summed E-state index contributed by atoms with van der Waals surface area (Å²) >= 11 is 16.6. The van der Waals surface area contributed by atoms with Crippen LogP contribution >= 0.6 is 71.5 Å². The number of rotatable bonds is 12. The highest BCUT2D eigenvalue weighted by atomic mass is 32.2. The van der Waals surface area contributed by atoms with E-state index < -0.39 is 13.6 Å². The van der Waals surface area contributed by atoms with Crippen molar-refractivity contribution in [2.45, 2.75) is 62.1 Å². The Morgan fingerprint density at radius 1 is 0.853 bits per heavy atom. The van der Waals surface area contributed by atoms with Crippen LogP contribution in [0, 0.1) is 22.7 Å². The zero-order chi connectivity index (χ0) is 27.3. The topological polar surface area (TPSA) is 95.5 Å². The Morgan fingerprint density at radius 2 is 1.21 bits per heavy atom. The number of nitrogens with zero attached hydrogens (tertiary/aromatic N) is 2. The lowest BCUT2D eigenvalue weighted by atomic mass is 10.2. The summed E-state index contributed by atoms with van der Waals surface area (Å²) in [5, 5.41) is 17.7. The molecule has 0 amide bonds. The summed E-state index contributed by atoms with van der Waals surface area (Å²) in [6.07, 6.45) is 2.16. The molecule has 0 bridgehead atoms. The second-order valence-electron chi connectivity index (χ2n) is 7.40. The second-order valence-corrected chi connectivity index (χ2v) is 19.3. The van der Waals surface area contributed by atoms with Gasteiger partial charge in [-0.25, -0.2) is 0 Å². The van der Waals surface area contributed by atoms with Crippen molar-refractivity contribution < 1.29 is 18.1 Å². The summed E-state index contributed by atoms with van der Waals surface area (Å²) in [5.41, 5.74) is 0. The van der Waals surface area contributed by atoms with Crippen molar-refractivity contribution in [1.29, 1.82) is 10.5 Å². The molecule has 0 saturated heterocycles. The van der Waals surface area contributed by atoms with E-state index in [4.69, 9.17) is 53.0 Å². The molecule has 0 aliphatic heterocycles. The van der Waals surface area contributed by atoms with Crippen LogP contribution in [0.15, 0.2) is 0 Å². The Hall–Kier alpha value is 1.05. The molecular weight excluding hydrogens is 597 g/mol. The first-order valence-corrected chi connectivity index (χ1v) is 19.2. The predicted molar refractivity (Wildman–Crippen MR) is 172 cm³/mol. The average molecular weight is 637 g/mol. The largest absolute Gasteiger partial charge is 0.500 e. The third-order valence-electron chi connectivity index (χ3n) is 3.71. The maximum absolute atomic E-state index is 8.93. The van der Waals surface area contributed by atoms with Gasteiger partial charge in [0.25, 0.3) is 0 Å². The molecule has 0 aromatic rings. The summed E-state index contributed by atoms with van der Waals surface area (Å²) in [6, 6.07) is 6.55. The summed E-state index contributed by atoms with van der Waals surface area (Å²) in [4.78, 5) is 7.14. The van der Waals surface area contributed by atoms with Crippen LogP contribution in [0.1, 0.15) is 40.5 Å². The maximum Gasteiger partial charge on any atom is 0.500 e. The van der Waals surface area contributed by atoms with Gasteiger partial charge in [0.15, 0.2) is 0 Å². The van der Waals surface area contributed by atoms with E-state index >= 15 is 0 Å². The van der Waals surface area contributed by atoms with Gasteiger partial charge in [0, 0.05) is 37.6 Å². The minimum absolute atomic E-state index is 0.306. The number of hydrogen-bond donors (Lipinski definition) is 1. The number of nitriles is 2. The number of hydrogen-bond acceptors (Lipinski definition) is 12. The van der Waals surface area contributed by atoms with Crippen LogP contribution in [-0.2, 0) is 13.3 Å². The zero-order valence-corrected chi connectivity index (χ0v) is 31.7. The standard InChI is InChI=1S/C11H21NO3S3Si.C8H15NS3Si.H4OSi/c1-11(2,9-12)18-10(16)17-7-6-8-19(13-3,14-4)15-5;1-8(2,6-9)12-7(10)11-4-3-5-13;1-2/h6-8H2,1-5H3;3-5H2,1-2,13H3;1H,2H3. The SMILES string of the molecule is CC(C)(C#N)SC(=S)SCCC[SiH3].CO[Si](CCCSC(=S)SC(C)(C)C#N)(OC)OC.O[SiH3]. The van der Waals surface area contributed by atoms with E-state index in [0.29, 0.717) is 10.5 Å². The van der Waals surface area contributed by atoms with E-state index in [-0.39, 0.29) is 4.75 Å². The fraction of sp³-hybridized carbons (Fsp3) is 0.789. The summed E-state index contributed by atoms with van der Waals surface area (Å²) in [5.74, 6) is 1.98. The Morgan fingerprint density at radius 3 is 1.50 bits per heavy atom. The molecule has 0 aliphatic carbocycles. The average Bonchev–Trinajstić information content (AvgIpc) is 2.81. The molecule has 198 valence electrons. The molecule has 0 rings (SSSR count). The molecule has 15 heteroatoms. The minimum atomic E-state index is -2.46. The zero-order valence-electron chi connectivity index (χ0n) is 21.8. The van der Waals surface area contributed by atoms with E-state index in [2.05, 4.69) is 12.1 Å². The molecular formula is C19H40N2O4S6Si3. The Bertz CT molecular complexity index is 649. The van der Waals surface area contributed by atoms with Crippen molar-refractivity contribution in [1.82, 2.24) is 0 Å². The third-order valence-corrected chi connectivity index (χ3v) is 12.7. The minimum Gasteiger partial charge on any atom is -0.442 e. The van der Waals surface area contributed by atoms with E-state index in [1.54, 1.807) is 44.9 Å². The van der Waals surface area contributed by atoms with E-state index in [1.165, 1.54) is 46.2 Å². The molecule has 0 spiro atoms. The van der Waals surface area contributed by atoms with E-state index in [1.807, 2.05) is 27.7 Å². The molecule has 0 heterocycles. The van der Waals surface area contributed by atoms with Crippen molar-refractivity contribution in [3.05, 3.63) is 0 Å². The molecule has 0 saturated carbocycles. The van der Waals surface area contributed by atoms with Gasteiger partial charge in [0.2, 0.25) is 0 Å². The number of thiocarbonyl (C=S) groups is 2. The van der Waals surface area contributed by atoms with Gasteiger partial charge in [-0.05, 0) is 52.0 Å². The highest BCUT2D eigenvalue weighted by molar-refractivity contribution is 8.48. The smallest absolute Gasteiger partial charge is 0.442 e. The Kier molecular flexibility index (Phi) is 27.0. The van der Waals surface area contributed by atoms with Gasteiger partial charge in [-0.2, -0.15) is 10.5 Å². The van der Waals surface area contributed by atoms with Crippen molar-refractivity contribution in [3.8, 4) is 12.1 Å². The Labute approximate surface area is 242 Å². The third kappa shape index (κ3) is 22.3. The van der Waals surface area contributed by atoms with Crippen molar-refractivity contribution in [3.63, 3.8) is 0 Å². The first-order chi connectivity index (χ1) is 15.9. The van der Waals surface area contributed by atoms with Gasteiger partial charge in [-0.1, -0.05) is 54.0 Å². The molecule has 0 radical (unpaired) electrons. The van der Waals surface area contributed by atoms with Crippen LogP contribution in [-0.4, -0.2) is 83.7 Å². The molecule has 0 aromatic heterocycles. The first kappa shape index (κ1) is 39.6. The van der Waals surface area contributed by atoms with Gasteiger partial charge < -0.3 is 18.1 Å².